The van der Waals surface area contributed by atoms with Gasteiger partial charge in [-0.05, 0) is 41.5 Å². The van der Waals surface area contributed by atoms with Crippen molar-refractivity contribution in [2.24, 2.45) is 5.92 Å². The maximum atomic E-state index is 14.6. The molecule has 0 saturated heterocycles. The first-order chi connectivity index (χ1) is 10.4. The van der Waals surface area contributed by atoms with Gasteiger partial charge in [0, 0.05) is 17.8 Å². The number of halogens is 2. The highest BCUT2D eigenvalue weighted by Gasteiger charge is 2.34. The molecule has 3 heteroatoms. The van der Waals surface area contributed by atoms with E-state index in [1.807, 2.05) is 6.07 Å². The third-order valence-corrected chi connectivity index (χ3v) is 5.03. The Bertz CT molecular complexity index is 639. The summed E-state index contributed by atoms with van der Waals surface area (Å²) in [6.45, 7) is 8.39. The fourth-order valence-corrected chi connectivity index (χ4v) is 3.05. The molecular weight excluding hydrogens is 280 g/mol. The fourth-order valence-electron chi connectivity index (χ4n) is 3.05. The second-order valence-electron chi connectivity index (χ2n) is 6.11. The highest BCUT2D eigenvalue weighted by molar-refractivity contribution is 5.66. The van der Waals surface area contributed by atoms with Gasteiger partial charge in [-0.3, -0.25) is 4.98 Å². The number of hydrogen-bond acceptors (Lipinski definition) is 1. The molecule has 2 aromatic rings. The average molecular weight is 303 g/mol. The van der Waals surface area contributed by atoms with Crippen molar-refractivity contribution in [2.75, 3.05) is 0 Å². The minimum absolute atomic E-state index is 0.301. The molecule has 0 spiro atoms. The Hall–Kier alpha value is -1.77. The van der Waals surface area contributed by atoms with Crippen molar-refractivity contribution in [3.05, 3.63) is 53.7 Å². The van der Waals surface area contributed by atoms with Crippen LogP contribution in [0, 0.1) is 17.6 Å². The molecule has 2 rings (SSSR count). The lowest BCUT2D eigenvalue weighted by Gasteiger charge is -2.36. The molecule has 22 heavy (non-hydrogen) atoms. The van der Waals surface area contributed by atoms with Crippen molar-refractivity contribution in [3.63, 3.8) is 0 Å². The topological polar surface area (TPSA) is 12.9 Å². The highest BCUT2D eigenvalue weighted by atomic mass is 19.1. The summed E-state index contributed by atoms with van der Waals surface area (Å²) in [5.74, 6) is -0.770. The standard InChI is InChI=1S/C19H23F2N/c1-5-13(3)19(4,6-2)15-11-14(20)12-16(21)18(15)17-9-7-8-10-22-17/h7-13H,5-6H2,1-4H3/t13-,19?/m0/s1. The molecule has 1 aromatic heterocycles. The van der Waals surface area contributed by atoms with Crippen LogP contribution in [0.4, 0.5) is 8.78 Å². The van der Waals surface area contributed by atoms with E-state index in [0.29, 0.717) is 22.7 Å². The Kier molecular flexibility index (Phi) is 4.94. The zero-order valence-electron chi connectivity index (χ0n) is 13.7. The van der Waals surface area contributed by atoms with E-state index in [1.54, 1.807) is 18.3 Å². The largest absolute Gasteiger partial charge is 0.256 e. The lowest BCUT2D eigenvalue weighted by molar-refractivity contribution is 0.294. The van der Waals surface area contributed by atoms with Gasteiger partial charge in [-0.15, -0.1) is 0 Å². The van der Waals surface area contributed by atoms with Gasteiger partial charge in [-0.25, -0.2) is 8.78 Å². The Morgan fingerprint density at radius 2 is 1.91 bits per heavy atom. The first kappa shape index (κ1) is 16.6. The predicted octanol–water partition coefficient (Wildman–Crippen LogP) is 5.74. The van der Waals surface area contributed by atoms with Gasteiger partial charge in [0.05, 0.1) is 5.69 Å². The predicted molar refractivity (Wildman–Crippen MR) is 86.7 cm³/mol. The molecule has 0 aliphatic rings. The number of pyridine rings is 1. The number of aromatic nitrogens is 1. The van der Waals surface area contributed by atoms with Crippen LogP contribution in [0.25, 0.3) is 11.3 Å². The lowest BCUT2D eigenvalue weighted by Crippen LogP contribution is -2.30. The van der Waals surface area contributed by atoms with Gasteiger partial charge in [-0.2, -0.15) is 0 Å². The van der Waals surface area contributed by atoms with Crippen molar-refractivity contribution in [1.29, 1.82) is 0 Å². The van der Waals surface area contributed by atoms with Crippen molar-refractivity contribution in [1.82, 2.24) is 4.98 Å². The summed E-state index contributed by atoms with van der Waals surface area (Å²) >= 11 is 0. The van der Waals surface area contributed by atoms with Gasteiger partial charge in [-0.1, -0.05) is 40.2 Å². The molecule has 0 amide bonds. The minimum atomic E-state index is -0.545. The Morgan fingerprint density at radius 1 is 1.18 bits per heavy atom. The van der Waals surface area contributed by atoms with E-state index >= 15 is 0 Å². The molecule has 0 fully saturated rings. The molecular formula is C19H23F2N. The van der Waals surface area contributed by atoms with Crippen LogP contribution in [0.2, 0.25) is 0 Å². The highest BCUT2D eigenvalue weighted by Crippen LogP contribution is 2.42. The van der Waals surface area contributed by atoms with E-state index in [-0.39, 0.29) is 5.41 Å². The molecule has 1 aromatic carbocycles. The third kappa shape index (κ3) is 2.90. The molecule has 0 aliphatic heterocycles. The third-order valence-electron chi connectivity index (χ3n) is 5.03. The van der Waals surface area contributed by atoms with E-state index in [2.05, 4.69) is 32.7 Å². The lowest BCUT2D eigenvalue weighted by atomic mass is 9.68. The summed E-state index contributed by atoms with van der Waals surface area (Å²) in [7, 11) is 0. The number of benzene rings is 1. The molecule has 1 heterocycles. The molecule has 0 N–H and O–H groups in total. The number of hydrogen-bond donors (Lipinski definition) is 0. The van der Waals surface area contributed by atoms with Crippen LogP contribution in [0.3, 0.4) is 0 Å². The Labute approximate surface area is 131 Å². The van der Waals surface area contributed by atoms with Crippen molar-refractivity contribution < 1.29 is 8.78 Å². The van der Waals surface area contributed by atoms with Crippen LogP contribution >= 0.6 is 0 Å². The van der Waals surface area contributed by atoms with E-state index < -0.39 is 11.6 Å². The second kappa shape index (κ2) is 6.55. The molecule has 0 radical (unpaired) electrons. The zero-order chi connectivity index (χ0) is 16.3. The van der Waals surface area contributed by atoms with Crippen LogP contribution < -0.4 is 0 Å². The number of rotatable bonds is 5. The molecule has 1 unspecified atom stereocenters. The second-order valence-corrected chi connectivity index (χ2v) is 6.11. The summed E-state index contributed by atoms with van der Waals surface area (Å²) in [6.07, 6.45) is 3.39. The van der Waals surface area contributed by atoms with Gasteiger partial charge in [0.15, 0.2) is 0 Å². The molecule has 1 nitrogen and oxygen atoms in total. The van der Waals surface area contributed by atoms with Gasteiger partial charge >= 0.3 is 0 Å². The van der Waals surface area contributed by atoms with Crippen molar-refractivity contribution in [3.8, 4) is 11.3 Å². The van der Waals surface area contributed by atoms with Crippen molar-refractivity contribution in [2.45, 2.75) is 46.0 Å². The monoisotopic (exact) mass is 303 g/mol. The van der Waals surface area contributed by atoms with E-state index in [9.17, 15) is 8.78 Å². The van der Waals surface area contributed by atoms with Gasteiger partial charge < -0.3 is 0 Å². The molecule has 0 bridgehead atoms. The van der Waals surface area contributed by atoms with Crippen LogP contribution in [0.15, 0.2) is 36.5 Å². The molecule has 0 aliphatic carbocycles. The van der Waals surface area contributed by atoms with Crippen LogP contribution in [0.1, 0.15) is 46.1 Å². The summed E-state index contributed by atoms with van der Waals surface area (Å²) in [6, 6.07) is 7.80. The summed E-state index contributed by atoms with van der Waals surface area (Å²) < 4.78 is 28.4. The normalized spacial score (nSPS) is 15.4. The van der Waals surface area contributed by atoms with Crippen LogP contribution in [-0.4, -0.2) is 4.98 Å². The summed E-state index contributed by atoms with van der Waals surface area (Å²) in [4.78, 5) is 4.27. The van der Waals surface area contributed by atoms with Gasteiger partial charge in [0.1, 0.15) is 11.6 Å². The van der Waals surface area contributed by atoms with E-state index in [1.165, 1.54) is 6.07 Å². The SMILES string of the molecule is CC[C@H](C)C(C)(CC)c1cc(F)cc(F)c1-c1ccccn1. The molecule has 0 saturated carbocycles. The first-order valence-electron chi connectivity index (χ1n) is 7.85. The quantitative estimate of drug-likeness (QED) is 0.686. The average Bonchev–Trinajstić information content (AvgIpc) is 2.53. The number of nitrogens with zero attached hydrogens (tertiary/aromatic N) is 1. The Balaban J connectivity index is 2.75. The maximum absolute atomic E-state index is 14.6. The zero-order valence-corrected chi connectivity index (χ0v) is 13.7. The van der Waals surface area contributed by atoms with Gasteiger partial charge in [0.2, 0.25) is 0 Å². The fraction of sp³-hybridized carbons (Fsp3) is 0.421. The van der Waals surface area contributed by atoms with Crippen molar-refractivity contribution >= 4 is 0 Å². The molecule has 2 atom stereocenters. The molecule has 118 valence electrons. The van der Waals surface area contributed by atoms with E-state index in [4.69, 9.17) is 0 Å². The summed E-state index contributed by atoms with van der Waals surface area (Å²) in [5.41, 5.74) is 1.38. The maximum Gasteiger partial charge on any atom is 0.135 e. The van der Waals surface area contributed by atoms with Gasteiger partial charge in [0.25, 0.3) is 0 Å². The van der Waals surface area contributed by atoms with Crippen LogP contribution in [-0.2, 0) is 5.41 Å². The minimum Gasteiger partial charge on any atom is -0.256 e. The van der Waals surface area contributed by atoms with Crippen LogP contribution in [0.5, 0.6) is 0 Å². The smallest absolute Gasteiger partial charge is 0.135 e. The van der Waals surface area contributed by atoms with E-state index in [0.717, 1.165) is 18.9 Å². The summed E-state index contributed by atoms with van der Waals surface area (Å²) in [5, 5.41) is 0. The first-order valence-corrected chi connectivity index (χ1v) is 7.85. The Morgan fingerprint density at radius 3 is 2.45 bits per heavy atom.